The van der Waals surface area contributed by atoms with Crippen LogP contribution in [0.15, 0.2) is 59.6 Å². The van der Waals surface area contributed by atoms with Crippen LogP contribution in [0.2, 0.25) is 0 Å². The molecule has 0 fully saturated rings. The van der Waals surface area contributed by atoms with Gasteiger partial charge >= 0.3 is 0 Å². The Hall–Kier alpha value is -1.57. The molecule has 0 radical (unpaired) electrons. The molecule has 0 spiro atoms. The second kappa shape index (κ2) is 6.39. The van der Waals surface area contributed by atoms with Crippen LogP contribution in [-0.2, 0) is 0 Å². The molecule has 2 aromatic carbocycles. The quantitative estimate of drug-likeness (QED) is 0.866. The summed E-state index contributed by atoms with van der Waals surface area (Å²) in [6.07, 6.45) is 2.38. The van der Waals surface area contributed by atoms with Gasteiger partial charge in [0.2, 0.25) is 0 Å². The predicted octanol–water partition coefficient (Wildman–Crippen LogP) is 4.32. The van der Waals surface area contributed by atoms with Crippen molar-refractivity contribution in [1.82, 2.24) is 0 Å². The Morgan fingerprint density at radius 3 is 2.17 bits per heavy atom. The van der Waals surface area contributed by atoms with Gasteiger partial charge in [0.25, 0.3) is 0 Å². The largest absolute Gasteiger partial charge is 0.396 e. The van der Waals surface area contributed by atoms with Crippen molar-refractivity contribution in [2.24, 2.45) is 0 Å². The molecule has 0 unspecified atom stereocenters. The molecule has 18 heavy (non-hydrogen) atoms. The summed E-state index contributed by atoms with van der Waals surface area (Å²) >= 11 is 5.97. The molecule has 0 amide bonds. The minimum atomic E-state index is 0.0808. The van der Waals surface area contributed by atoms with Crippen molar-refractivity contribution in [2.75, 3.05) is 6.61 Å². The van der Waals surface area contributed by atoms with Gasteiger partial charge in [-0.1, -0.05) is 66.2 Å². The molecule has 0 aliphatic rings. The normalized spacial score (nSPS) is 11.6. The molecule has 0 aromatic heterocycles. The lowest BCUT2D eigenvalue weighted by atomic mass is 10.0. The summed E-state index contributed by atoms with van der Waals surface area (Å²) in [5, 5.41) is 9.45. The molecule has 2 aromatic rings. The number of aliphatic hydroxyl groups is 1. The highest BCUT2D eigenvalue weighted by Crippen LogP contribution is 2.21. The highest BCUT2D eigenvalue weighted by molar-refractivity contribution is 6.31. The lowest BCUT2D eigenvalue weighted by Gasteiger charge is -2.02. The fourth-order valence-corrected chi connectivity index (χ4v) is 1.97. The van der Waals surface area contributed by atoms with Crippen LogP contribution in [-0.4, -0.2) is 11.7 Å². The van der Waals surface area contributed by atoms with Gasteiger partial charge < -0.3 is 5.11 Å². The van der Waals surface area contributed by atoms with Gasteiger partial charge in [0.05, 0.1) is 0 Å². The third-order valence-corrected chi connectivity index (χ3v) is 2.99. The van der Waals surface area contributed by atoms with Gasteiger partial charge in [-0.3, -0.25) is 0 Å². The molecule has 2 rings (SSSR count). The topological polar surface area (TPSA) is 20.2 Å². The van der Waals surface area contributed by atoms with Crippen molar-refractivity contribution in [2.45, 2.75) is 6.42 Å². The van der Waals surface area contributed by atoms with Crippen LogP contribution >= 0.6 is 11.6 Å². The maximum absolute atomic E-state index is 8.78. The average molecular weight is 259 g/mol. The summed E-state index contributed by atoms with van der Waals surface area (Å²) in [6, 6.07) is 18.4. The second-order valence-electron chi connectivity index (χ2n) is 4.05. The zero-order chi connectivity index (χ0) is 12.8. The van der Waals surface area contributed by atoms with E-state index in [1.54, 1.807) is 0 Å². The Morgan fingerprint density at radius 2 is 1.56 bits per heavy atom. The first-order chi connectivity index (χ1) is 8.79. The van der Waals surface area contributed by atoms with Gasteiger partial charge in [-0.15, -0.1) is 0 Å². The summed E-state index contributed by atoms with van der Waals surface area (Å²) in [5.41, 5.74) is 3.44. The van der Waals surface area contributed by atoms with Crippen LogP contribution < -0.4 is 0 Å². The first kappa shape index (κ1) is 12.9. The van der Waals surface area contributed by atoms with E-state index in [0.29, 0.717) is 11.5 Å². The Morgan fingerprint density at radius 1 is 0.944 bits per heavy atom. The van der Waals surface area contributed by atoms with E-state index in [1.165, 1.54) is 11.1 Å². The molecule has 0 aliphatic heterocycles. The summed E-state index contributed by atoms with van der Waals surface area (Å²) in [6.45, 7) is 0.0808. The van der Waals surface area contributed by atoms with E-state index in [0.717, 1.165) is 5.56 Å². The molecule has 0 heterocycles. The summed E-state index contributed by atoms with van der Waals surface area (Å²) in [7, 11) is 0. The van der Waals surface area contributed by atoms with E-state index in [4.69, 9.17) is 16.7 Å². The van der Waals surface area contributed by atoms with Crippen molar-refractivity contribution in [1.29, 1.82) is 0 Å². The number of hydrogen-bond acceptors (Lipinski definition) is 1. The molecule has 0 saturated carbocycles. The van der Waals surface area contributed by atoms with Crippen LogP contribution in [0.3, 0.4) is 0 Å². The Bertz CT molecular complexity index is 515. The fraction of sp³-hybridized carbons (Fsp3) is 0.125. The van der Waals surface area contributed by atoms with E-state index in [-0.39, 0.29) is 6.61 Å². The van der Waals surface area contributed by atoms with Gasteiger partial charge in [-0.05, 0) is 22.8 Å². The molecule has 1 nitrogen and oxygen atoms in total. The van der Waals surface area contributed by atoms with Crippen LogP contribution in [0.4, 0.5) is 0 Å². The van der Waals surface area contributed by atoms with Crippen molar-refractivity contribution in [3.8, 4) is 11.1 Å². The predicted molar refractivity (Wildman–Crippen MR) is 77.4 cm³/mol. The molecule has 2 heteroatoms. The molecule has 1 N–H and O–H groups in total. The highest BCUT2D eigenvalue weighted by atomic mass is 35.5. The number of halogens is 1. The van der Waals surface area contributed by atoms with Crippen molar-refractivity contribution >= 4 is 17.7 Å². The zero-order valence-electron chi connectivity index (χ0n) is 10.0. The van der Waals surface area contributed by atoms with E-state index in [1.807, 2.05) is 36.4 Å². The molecular weight excluding hydrogens is 244 g/mol. The second-order valence-corrected chi connectivity index (χ2v) is 4.54. The number of rotatable bonds is 4. The lowest BCUT2D eigenvalue weighted by Crippen LogP contribution is -1.82. The minimum absolute atomic E-state index is 0.0808. The summed E-state index contributed by atoms with van der Waals surface area (Å²) in [5.74, 6) is 0. The van der Waals surface area contributed by atoms with E-state index < -0.39 is 0 Å². The Balaban J connectivity index is 2.18. The number of aliphatic hydroxyl groups excluding tert-OH is 1. The van der Waals surface area contributed by atoms with E-state index in [9.17, 15) is 0 Å². The molecular formula is C16H15ClO. The third-order valence-electron chi connectivity index (χ3n) is 2.69. The fourth-order valence-electron chi connectivity index (χ4n) is 1.76. The molecule has 0 atom stereocenters. The van der Waals surface area contributed by atoms with E-state index >= 15 is 0 Å². The highest BCUT2D eigenvalue weighted by Gasteiger charge is 1.97. The monoisotopic (exact) mass is 258 g/mol. The third kappa shape index (κ3) is 3.46. The zero-order valence-corrected chi connectivity index (χ0v) is 10.8. The number of benzene rings is 2. The Labute approximate surface area is 112 Å². The van der Waals surface area contributed by atoms with Gasteiger partial charge in [0.15, 0.2) is 0 Å². The van der Waals surface area contributed by atoms with Gasteiger partial charge in [-0.2, -0.15) is 0 Å². The lowest BCUT2D eigenvalue weighted by molar-refractivity contribution is 0.301. The molecule has 0 saturated heterocycles. The maximum atomic E-state index is 8.78. The van der Waals surface area contributed by atoms with Gasteiger partial charge in [-0.25, -0.2) is 0 Å². The molecule has 0 aliphatic carbocycles. The van der Waals surface area contributed by atoms with Crippen LogP contribution in [0.1, 0.15) is 12.0 Å². The van der Waals surface area contributed by atoms with Gasteiger partial charge in [0.1, 0.15) is 0 Å². The van der Waals surface area contributed by atoms with Gasteiger partial charge in [0, 0.05) is 18.1 Å². The first-order valence-corrected chi connectivity index (χ1v) is 6.30. The standard InChI is InChI=1S/C16H15ClO/c17-16(10-11-18)12-13-6-8-15(9-7-13)14-4-2-1-3-5-14/h1-9,12,18H,10-11H2/b16-12-. The van der Waals surface area contributed by atoms with Crippen molar-refractivity contribution in [3.63, 3.8) is 0 Å². The van der Waals surface area contributed by atoms with Crippen molar-refractivity contribution < 1.29 is 5.11 Å². The number of hydrogen-bond donors (Lipinski definition) is 1. The summed E-state index contributed by atoms with van der Waals surface area (Å²) in [4.78, 5) is 0. The average Bonchev–Trinajstić information content (AvgIpc) is 2.41. The van der Waals surface area contributed by atoms with E-state index in [2.05, 4.69) is 24.3 Å². The van der Waals surface area contributed by atoms with Crippen LogP contribution in [0.5, 0.6) is 0 Å². The Kier molecular flexibility index (Phi) is 4.57. The minimum Gasteiger partial charge on any atom is -0.396 e. The van der Waals surface area contributed by atoms with Crippen LogP contribution in [0, 0.1) is 0 Å². The van der Waals surface area contributed by atoms with Crippen molar-refractivity contribution in [3.05, 3.63) is 65.2 Å². The molecule has 0 bridgehead atoms. The van der Waals surface area contributed by atoms with Crippen LogP contribution in [0.25, 0.3) is 17.2 Å². The smallest absolute Gasteiger partial charge is 0.0480 e. The summed E-state index contributed by atoms with van der Waals surface area (Å²) < 4.78 is 0. The SMILES string of the molecule is OCC/C(Cl)=C/c1ccc(-c2ccccc2)cc1. The maximum Gasteiger partial charge on any atom is 0.0480 e. The molecule has 92 valence electrons. The first-order valence-electron chi connectivity index (χ1n) is 5.92.